The largest absolute Gasteiger partial charge is 0.497 e. The highest BCUT2D eigenvalue weighted by atomic mass is 16.5. The highest BCUT2D eigenvalue weighted by molar-refractivity contribution is 6.10. The molecule has 0 saturated carbocycles. The van der Waals surface area contributed by atoms with E-state index >= 15 is 0 Å². The molecule has 27 heavy (non-hydrogen) atoms. The fourth-order valence-corrected chi connectivity index (χ4v) is 2.33. The number of nitrogens with one attached hydrogen (secondary N) is 2. The SMILES string of the molecule is COc1ccc(C(=O)N/C(=C\c2ccco2)C(=O)Nc2ccccc2)cc1. The molecular formula is C21H18N2O4. The van der Waals surface area contributed by atoms with E-state index in [1.807, 2.05) is 18.2 Å². The number of carbonyl (C=O) groups excluding carboxylic acids is 2. The quantitative estimate of drug-likeness (QED) is 0.655. The fraction of sp³-hybridized carbons (Fsp3) is 0.0476. The van der Waals surface area contributed by atoms with Crippen LogP contribution in [0.3, 0.4) is 0 Å². The van der Waals surface area contributed by atoms with Crippen molar-refractivity contribution in [3.05, 3.63) is 90.0 Å². The molecule has 2 amide bonds. The third kappa shape index (κ3) is 4.85. The second-order valence-electron chi connectivity index (χ2n) is 5.58. The monoisotopic (exact) mass is 362 g/mol. The Hall–Kier alpha value is -3.80. The van der Waals surface area contributed by atoms with Gasteiger partial charge in [0.25, 0.3) is 11.8 Å². The summed E-state index contributed by atoms with van der Waals surface area (Å²) in [5, 5.41) is 5.38. The van der Waals surface area contributed by atoms with Gasteiger partial charge in [-0.2, -0.15) is 0 Å². The molecule has 2 N–H and O–H groups in total. The number of rotatable bonds is 6. The van der Waals surface area contributed by atoms with Crippen LogP contribution in [-0.2, 0) is 4.79 Å². The van der Waals surface area contributed by atoms with Gasteiger partial charge in [-0.15, -0.1) is 0 Å². The van der Waals surface area contributed by atoms with E-state index in [0.717, 1.165) is 0 Å². The van der Waals surface area contributed by atoms with Crippen molar-refractivity contribution in [3.63, 3.8) is 0 Å². The highest BCUT2D eigenvalue weighted by Crippen LogP contribution is 2.14. The first-order valence-corrected chi connectivity index (χ1v) is 8.23. The average molecular weight is 362 g/mol. The molecule has 0 saturated heterocycles. The molecule has 0 aliphatic heterocycles. The maximum absolute atomic E-state index is 12.7. The number of anilines is 1. The van der Waals surface area contributed by atoms with E-state index in [2.05, 4.69) is 10.6 Å². The van der Waals surface area contributed by atoms with E-state index in [4.69, 9.17) is 9.15 Å². The van der Waals surface area contributed by atoms with Crippen LogP contribution in [0.5, 0.6) is 5.75 Å². The molecule has 0 atom stereocenters. The maximum Gasteiger partial charge on any atom is 0.272 e. The van der Waals surface area contributed by atoms with E-state index < -0.39 is 11.8 Å². The topological polar surface area (TPSA) is 80.6 Å². The Labute approximate surface area is 156 Å². The van der Waals surface area contributed by atoms with Crippen molar-refractivity contribution in [1.82, 2.24) is 5.32 Å². The molecular weight excluding hydrogens is 344 g/mol. The van der Waals surface area contributed by atoms with Gasteiger partial charge < -0.3 is 19.8 Å². The van der Waals surface area contributed by atoms with Crippen LogP contribution in [-0.4, -0.2) is 18.9 Å². The summed E-state index contributed by atoms with van der Waals surface area (Å²) in [5.74, 6) is 0.209. The molecule has 0 unspecified atom stereocenters. The summed E-state index contributed by atoms with van der Waals surface area (Å²) < 4.78 is 10.3. The molecule has 2 aromatic carbocycles. The van der Waals surface area contributed by atoms with Gasteiger partial charge in [0.05, 0.1) is 13.4 Å². The van der Waals surface area contributed by atoms with Crippen LogP contribution in [0.4, 0.5) is 5.69 Å². The second-order valence-corrected chi connectivity index (χ2v) is 5.58. The lowest BCUT2D eigenvalue weighted by Crippen LogP contribution is -2.30. The first kappa shape index (κ1) is 18.0. The number of amides is 2. The number of benzene rings is 2. The van der Waals surface area contributed by atoms with Crippen molar-refractivity contribution >= 4 is 23.6 Å². The molecule has 136 valence electrons. The number of hydrogen-bond donors (Lipinski definition) is 2. The third-order valence-corrected chi connectivity index (χ3v) is 3.71. The Balaban J connectivity index is 1.81. The van der Waals surface area contributed by atoms with Gasteiger partial charge in [-0.25, -0.2) is 0 Å². The molecule has 3 aromatic rings. The van der Waals surface area contributed by atoms with Crippen molar-refractivity contribution < 1.29 is 18.7 Å². The Morgan fingerprint density at radius 2 is 1.70 bits per heavy atom. The van der Waals surface area contributed by atoms with Gasteiger partial charge in [0.1, 0.15) is 17.2 Å². The molecule has 1 aromatic heterocycles. The summed E-state index contributed by atoms with van der Waals surface area (Å²) in [4.78, 5) is 25.2. The van der Waals surface area contributed by atoms with Crippen molar-refractivity contribution in [3.8, 4) is 5.75 Å². The third-order valence-electron chi connectivity index (χ3n) is 3.71. The summed E-state index contributed by atoms with van der Waals surface area (Å²) in [7, 11) is 1.55. The van der Waals surface area contributed by atoms with Gasteiger partial charge >= 0.3 is 0 Å². The number of para-hydroxylation sites is 1. The zero-order chi connectivity index (χ0) is 19.1. The van der Waals surface area contributed by atoms with E-state index in [-0.39, 0.29) is 5.70 Å². The smallest absolute Gasteiger partial charge is 0.272 e. The van der Waals surface area contributed by atoms with E-state index in [9.17, 15) is 9.59 Å². The van der Waals surface area contributed by atoms with Gasteiger partial charge in [0.15, 0.2) is 0 Å². The number of furan rings is 1. The lowest BCUT2D eigenvalue weighted by Gasteiger charge is -2.11. The minimum Gasteiger partial charge on any atom is -0.497 e. The summed E-state index contributed by atoms with van der Waals surface area (Å²) in [5.41, 5.74) is 1.08. The van der Waals surface area contributed by atoms with Crippen LogP contribution in [0.2, 0.25) is 0 Å². The van der Waals surface area contributed by atoms with E-state index in [1.165, 1.54) is 12.3 Å². The molecule has 3 rings (SSSR count). The molecule has 1 heterocycles. The van der Waals surface area contributed by atoms with Gasteiger partial charge in [0.2, 0.25) is 0 Å². The predicted octanol–water partition coefficient (Wildman–Crippen LogP) is 3.70. The minimum atomic E-state index is -0.459. The van der Waals surface area contributed by atoms with Gasteiger partial charge in [-0.1, -0.05) is 18.2 Å². The van der Waals surface area contributed by atoms with Crippen LogP contribution >= 0.6 is 0 Å². The average Bonchev–Trinajstić information content (AvgIpc) is 3.21. The van der Waals surface area contributed by atoms with Crippen LogP contribution in [0.1, 0.15) is 16.1 Å². The molecule has 0 aliphatic carbocycles. The van der Waals surface area contributed by atoms with Crippen LogP contribution in [0, 0.1) is 0 Å². The van der Waals surface area contributed by atoms with Crippen LogP contribution < -0.4 is 15.4 Å². The summed E-state index contributed by atoms with van der Waals surface area (Å²) in [6.45, 7) is 0. The Kier molecular flexibility index (Phi) is 5.69. The second kappa shape index (κ2) is 8.53. The van der Waals surface area contributed by atoms with Gasteiger partial charge in [-0.05, 0) is 48.5 Å². The minimum absolute atomic E-state index is 0.0645. The normalized spacial score (nSPS) is 10.9. The molecule has 0 bridgehead atoms. The van der Waals surface area contributed by atoms with E-state index in [0.29, 0.717) is 22.8 Å². The first-order chi connectivity index (χ1) is 13.2. The zero-order valence-electron chi connectivity index (χ0n) is 14.6. The Morgan fingerprint density at radius 3 is 2.33 bits per heavy atom. The summed E-state index contributed by atoms with van der Waals surface area (Å²) in [6.07, 6.45) is 2.96. The van der Waals surface area contributed by atoms with Crippen molar-refractivity contribution in [1.29, 1.82) is 0 Å². The lowest BCUT2D eigenvalue weighted by molar-refractivity contribution is -0.113. The predicted molar refractivity (Wildman–Crippen MR) is 102 cm³/mol. The number of carbonyl (C=O) groups is 2. The van der Waals surface area contributed by atoms with Crippen molar-refractivity contribution in [2.45, 2.75) is 0 Å². The number of methoxy groups -OCH3 is 1. The summed E-state index contributed by atoms with van der Waals surface area (Å²) in [6, 6.07) is 19.0. The summed E-state index contributed by atoms with van der Waals surface area (Å²) >= 11 is 0. The molecule has 0 fully saturated rings. The number of hydrogen-bond acceptors (Lipinski definition) is 4. The number of ether oxygens (including phenoxy) is 1. The van der Waals surface area contributed by atoms with Crippen LogP contribution in [0.25, 0.3) is 6.08 Å². The van der Waals surface area contributed by atoms with E-state index in [1.54, 1.807) is 55.6 Å². The fourth-order valence-electron chi connectivity index (χ4n) is 2.33. The van der Waals surface area contributed by atoms with Gasteiger partial charge in [-0.3, -0.25) is 9.59 Å². The molecule has 6 nitrogen and oxygen atoms in total. The Morgan fingerprint density at radius 1 is 0.963 bits per heavy atom. The van der Waals surface area contributed by atoms with Crippen molar-refractivity contribution in [2.24, 2.45) is 0 Å². The van der Waals surface area contributed by atoms with Gasteiger partial charge in [0, 0.05) is 17.3 Å². The Bertz CT molecular complexity index is 930. The maximum atomic E-state index is 12.7. The standard InChI is InChI=1S/C21H18N2O4/c1-26-17-11-9-15(10-12-17)20(24)23-19(14-18-8-5-13-27-18)21(25)22-16-6-3-2-4-7-16/h2-14H,1H3,(H,22,25)(H,23,24)/b19-14-. The highest BCUT2D eigenvalue weighted by Gasteiger charge is 2.15. The first-order valence-electron chi connectivity index (χ1n) is 8.23. The molecule has 0 aliphatic rings. The van der Waals surface area contributed by atoms with Crippen molar-refractivity contribution in [2.75, 3.05) is 12.4 Å². The zero-order valence-corrected chi connectivity index (χ0v) is 14.6. The molecule has 6 heteroatoms. The molecule has 0 spiro atoms. The lowest BCUT2D eigenvalue weighted by atomic mass is 10.2. The van der Waals surface area contributed by atoms with Crippen LogP contribution in [0.15, 0.2) is 83.1 Å². The molecule has 0 radical (unpaired) electrons.